The van der Waals surface area contributed by atoms with Gasteiger partial charge in [0.05, 0.1) is 11.5 Å². The normalized spacial score (nSPS) is 11.6. The van der Waals surface area contributed by atoms with E-state index in [0.29, 0.717) is 11.3 Å². The standard InChI is InChI=1S/C14H18F3N3O3S/c1-19(9-14(15,16)17)7-3-6-18-13(21)11-8-10(24-2)4-5-12(11)20(22)23/h4-5,8H,3,6-7,9H2,1-2H3,(H,18,21). The van der Waals surface area contributed by atoms with E-state index in [9.17, 15) is 28.1 Å². The largest absolute Gasteiger partial charge is 0.401 e. The van der Waals surface area contributed by atoms with Crippen LogP contribution in [0.4, 0.5) is 18.9 Å². The van der Waals surface area contributed by atoms with Gasteiger partial charge in [0.2, 0.25) is 0 Å². The molecule has 0 fully saturated rings. The van der Waals surface area contributed by atoms with Gasteiger partial charge >= 0.3 is 6.18 Å². The quantitative estimate of drug-likeness (QED) is 0.332. The minimum absolute atomic E-state index is 0.0597. The van der Waals surface area contributed by atoms with Crippen molar-refractivity contribution in [3.8, 4) is 0 Å². The molecule has 0 aliphatic heterocycles. The Morgan fingerprint density at radius 3 is 2.62 bits per heavy atom. The minimum atomic E-state index is -4.27. The molecule has 0 aromatic heterocycles. The van der Waals surface area contributed by atoms with Crippen molar-refractivity contribution < 1.29 is 22.9 Å². The number of carbonyl (C=O) groups is 1. The maximum Gasteiger partial charge on any atom is 0.401 e. The molecule has 0 unspecified atom stereocenters. The predicted octanol–water partition coefficient (Wildman–Crippen LogP) is 2.93. The first kappa shape index (κ1) is 20.2. The number of hydrogen-bond acceptors (Lipinski definition) is 5. The summed E-state index contributed by atoms with van der Waals surface area (Å²) < 4.78 is 36.5. The molecule has 24 heavy (non-hydrogen) atoms. The van der Waals surface area contributed by atoms with Crippen LogP contribution in [0.2, 0.25) is 0 Å². The zero-order chi connectivity index (χ0) is 18.3. The number of halogens is 3. The Labute approximate surface area is 141 Å². The molecule has 0 atom stereocenters. The predicted molar refractivity (Wildman–Crippen MR) is 85.4 cm³/mol. The fourth-order valence-electron chi connectivity index (χ4n) is 2.01. The lowest BCUT2D eigenvalue weighted by atomic mass is 10.1. The molecule has 0 spiro atoms. The van der Waals surface area contributed by atoms with Crippen LogP contribution in [0.3, 0.4) is 0 Å². The SMILES string of the molecule is CSc1ccc([N+](=O)[O-])c(C(=O)NCCCN(C)CC(F)(F)F)c1. The van der Waals surface area contributed by atoms with E-state index in [2.05, 4.69) is 5.32 Å². The van der Waals surface area contributed by atoms with Crippen molar-refractivity contribution in [2.24, 2.45) is 0 Å². The van der Waals surface area contributed by atoms with Gasteiger partial charge in [-0.15, -0.1) is 11.8 Å². The molecule has 6 nitrogen and oxygen atoms in total. The smallest absolute Gasteiger partial charge is 0.352 e. The number of carbonyl (C=O) groups excluding carboxylic acids is 1. The van der Waals surface area contributed by atoms with E-state index in [1.165, 1.54) is 30.9 Å². The highest BCUT2D eigenvalue weighted by Crippen LogP contribution is 2.24. The van der Waals surface area contributed by atoms with Gasteiger partial charge in [-0.05, 0) is 38.4 Å². The van der Waals surface area contributed by atoms with Crippen LogP contribution in [0.15, 0.2) is 23.1 Å². The number of nitro benzene ring substituents is 1. The fourth-order valence-corrected chi connectivity index (χ4v) is 2.45. The second kappa shape index (κ2) is 8.88. The summed E-state index contributed by atoms with van der Waals surface area (Å²) in [5.41, 5.74) is -0.366. The Kier molecular flexibility index (Phi) is 7.49. The molecule has 10 heteroatoms. The molecule has 1 N–H and O–H groups in total. The van der Waals surface area contributed by atoms with Gasteiger partial charge in [0.15, 0.2) is 0 Å². The molecule has 0 saturated heterocycles. The van der Waals surface area contributed by atoms with E-state index in [1.807, 2.05) is 0 Å². The van der Waals surface area contributed by atoms with Crippen LogP contribution in [0, 0.1) is 10.1 Å². The van der Waals surface area contributed by atoms with E-state index in [4.69, 9.17) is 0 Å². The molecule has 0 aliphatic carbocycles. The van der Waals surface area contributed by atoms with Crippen molar-refractivity contribution in [3.63, 3.8) is 0 Å². The van der Waals surface area contributed by atoms with Crippen LogP contribution in [0.5, 0.6) is 0 Å². The average molecular weight is 365 g/mol. The third-order valence-electron chi connectivity index (χ3n) is 3.10. The lowest BCUT2D eigenvalue weighted by molar-refractivity contribution is -0.385. The van der Waals surface area contributed by atoms with Gasteiger partial charge in [-0.25, -0.2) is 0 Å². The molecule has 0 saturated carbocycles. The number of thioether (sulfide) groups is 1. The highest BCUT2D eigenvalue weighted by Gasteiger charge is 2.28. The van der Waals surface area contributed by atoms with Crippen molar-refractivity contribution in [3.05, 3.63) is 33.9 Å². The first-order chi connectivity index (χ1) is 11.1. The Bertz CT molecular complexity index is 596. The maximum absolute atomic E-state index is 12.2. The van der Waals surface area contributed by atoms with Crippen LogP contribution in [0.1, 0.15) is 16.8 Å². The lowest BCUT2D eigenvalue weighted by Gasteiger charge is -2.18. The van der Waals surface area contributed by atoms with Gasteiger partial charge in [0.1, 0.15) is 5.56 Å². The highest BCUT2D eigenvalue weighted by molar-refractivity contribution is 7.98. The van der Waals surface area contributed by atoms with Gasteiger partial charge in [0.25, 0.3) is 11.6 Å². The summed E-state index contributed by atoms with van der Waals surface area (Å²) >= 11 is 1.34. The molecule has 134 valence electrons. The zero-order valence-electron chi connectivity index (χ0n) is 13.2. The summed E-state index contributed by atoms with van der Waals surface area (Å²) in [6.07, 6.45) is -2.19. The summed E-state index contributed by atoms with van der Waals surface area (Å²) in [5.74, 6) is -0.615. The van der Waals surface area contributed by atoms with Gasteiger partial charge in [-0.3, -0.25) is 19.8 Å². The fraction of sp³-hybridized carbons (Fsp3) is 0.500. The van der Waals surface area contributed by atoms with Crippen molar-refractivity contribution in [2.45, 2.75) is 17.5 Å². The Balaban J connectivity index is 2.58. The molecular formula is C14H18F3N3O3S. The topological polar surface area (TPSA) is 75.5 Å². The molecule has 1 rings (SSSR count). The van der Waals surface area contributed by atoms with Gasteiger partial charge in [-0.1, -0.05) is 0 Å². The lowest BCUT2D eigenvalue weighted by Crippen LogP contribution is -2.33. The third-order valence-corrected chi connectivity index (χ3v) is 3.82. The Morgan fingerprint density at radius 2 is 2.08 bits per heavy atom. The number of nitro groups is 1. The van der Waals surface area contributed by atoms with Crippen LogP contribution < -0.4 is 5.32 Å². The highest BCUT2D eigenvalue weighted by atomic mass is 32.2. The van der Waals surface area contributed by atoms with Crippen molar-refractivity contribution >= 4 is 23.4 Å². The van der Waals surface area contributed by atoms with Gasteiger partial charge in [0, 0.05) is 17.5 Å². The van der Waals surface area contributed by atoms with Gasteiger partial charge in [-0.2, -0.15) is 13.2 Å². The van der Waals surface area contributed by atoms with E-state index < -0.39 is 23.6 Å². The summed E-state index contributed by atoms with van der Waals surface area (Å²) in [7, 11) is 1.34. The number of nitrogens with zero attached hydrogens (tertiary/aromatic N) is 2. The average Bonchev–Trinajstić information content (AvgIpc) is 2.48. The number of nitrogens with one attached hydrogen (secondary N) is 1. The second-order valence-electron chi connectivity index (χ2n) is 5.10. The summed E-state index contributed by atoms with van der Waals surface area (Å²) in [5, 5.41) is 13.5. The number of rotatable bonds is 8. The molecule has 0 aliphatic rings. The number of hydrogen-bond donors (Lipinski definition) is 1. The maximum atomic E-state index is 12.2. The van der Waals surface area contributed by atoms with E-state index >= 15 is 0 Å². The third kappa shape index (κ3) is 6.75. The summed E-state index contributed by atoms with van der Waals surface area (Å²) in [6.45, 7) is -0.753. The van der Waals surface area contributed by atoms with Crippen molar-refractivity contribution in [1.82, 2.24) is 10.2 Å². The van der Waals surface area contributed by atoms with Crippen LogP contribution in [-0.2, 0) is 0 Å². The van der Waals surface area contributed by atoms with E-state index in [1.54, 1.807) is 12.3 Å². The first-order valence-electron chi connectivity index (χ1n) is 7.00. The number of alkyl halides is 3. The van der Waals surface area contributed by atoms with Crippen LogP contribution in [0.25, 0.3) is 0 Å². The molecule has 1 aromatic carbocycles. The molecule has 0 heterocycles. The summed E-state index contributed by atoms with van der Waals surface area (Å²) in [4.78, 5) is 24.2. The van der Waals surface area contributed by atoms with Gasteiger partial charge < -0.3 is 5.32 Å². The van der Waals surface area contributed by atoms with Crippen LogP contribution in [-0.4, -0.2) is 54.8 Å². The van der Waals surface area contributed by atoms with Crippen molar-refractivity contribution in [1.29, 1.82) is 0 Å². The number of benzene rings is 1. The summed E-state index contributed by atoms with van der Waals surface area (Å²) in [6, 6.07) is 4.23. The van der Waals surface area contributed by atoms with E-state index in [0.717, 1.165) is 4.90 Å². The van der Waals surface area contributed by atoms with E-state index in [-0.39, 0.29) is 24.3 Å². The molecular weight excluding hydrogens is 347 g/mol. The minimum Gasteiger partial charge on any atom is -0.352 e. The van der Waals surface area contributed by atoms with Crippen LogP contribution >= 0.6 is 11.8 Å². The molecule has 1 amide bonds. The zero-order valence-corrected chi connectivity index (χ0v) is 14.0. The first-order valence-corrected chi connectivity index (χ1v) is 8.22. The Morgan fingerprint density at radius 1 is 1.42 bits per heavy atom. The molecule has 0 bridgehead atoms. The van der Waals surface area contributed by atoms with Crippen molar-refractivity contribution in [2.75, 3.05) is 32.9 Å². The number of amides is 1. The second-order valence-corrected chi connectivity index (χ2v) is 5.98. The Hall–Kier alpha value is -1.81. The monoisotopic (exact) mass is 365 g/mol. The molecule has 1 aromatic rings. The molecule has 0 radical (unpaired) electrons.